The number of aliphatic carboxylic acids is 3. The number of carboxylic acids is 3. The quantitative estimate of drug-likeness (QED) is 0.269. The van der Waals surface area contributed by atoms with Gasteiger partial charge in [-0.15, -0.1) is 0 Å². The van der Waals surface area contributed by atoms with E-state index in [0.717, 1.165) is 0 Å². The Kier molecular flexibility index (Phi) is 13.8. The van der Waals surface area contributed by atoms with Crippen LogP contribution in [0.4, 0.5) is 0 Å². The van der Waals surface area contributed by atoms with Crippen molar-refractivity contribution in [3.63, 3.8) is 0 Å². The van der Waals surface area contributed by atoms with Crippen LogP contribution in [0.15, 0.2) is 34.8 Å². The maximum absolute atomic E-state index is 11.0. The number of rotatable bonds is 6. The summed E-state index contributed by atoms with van der Waals surface area (Å²) in [6.07, 6.45) is 2.17. The van der Waals surface area contributed by atoms with Crippen molar-refractivity contribution in [3.05, 3.63) is 46.2 Å². The third kappa shape index (κ3) is 8.17. The van der Waals surface area contributed by atoms with Crippen molar-refractivity contribution in [2.24, 2.45) is 5.92 Å². The van der Waals surface area contributed by atoms with E-state index in [-0.39, 0.29) is 115 Å². The van der Waals surface area contributed by atoms with Gasteiger partial charge in [0.15, 0.2) is 0 Å². The zero-order valence-electron chi connectivity index (χ0n) is 14.5. The van der Waals surface area contributed by atoms with E-state index in [2.05, 4.69) is 4.85 Å². The zero-order valence-corrected chi connectivity index (χ0v) is 20.8. The van der Waals surface area contributed by atoms with Crippen LogP contribution in [0.2, 0.25) is 0 Å². The predicted octanol–water partition coefficient (Wildman–Crippen LogP) is -7.12. The molecule has 1 atom stereocenters. The van der Waals surface area contributed by atoms with Crippen molar-refractivity contribution < 1.29 is 132 Å². The summed E-state index contributed by atoms with van der Waals surface area (Å²) in [6, 6.07) is 0. The van der Waals surface area contributed by atoms with Gasteiger partial charge in [0.25, 0.3) is 5.70 Å². The van der Waals surface area contributed by atoms with Gasteiger partial charge < -0.3 is 29.8 Å². The fourth-order valence-corrected chi connectivity index (χ4v) is 2.23. The first-order chi connectivity index (χ1) is 10.7. The van der Waals surface area contributed by atoms with Crippen molar-refractivity contribution in [2.45, 2.75) is 20.3 Å². The second-order valence-electron chi connectivity index (χ2n) is 5.00. The second kappa shape index (κ2) is 12.6. The van der Waals surface area contributed by atoms with E-state index in [9.17, 15) is 24.6 Å². The van der Waals surface area contributed by atoms with Gasteiger partial charge in [-0.05, 0) is 38.0 Å². The molecule has 0 aromatic carbocycles. The van der Waals surface area contributed by atoms with Crippen LogP contribution in [0.5, 0.6) is 0 Å². The molecule has 0 aromatic rings. The summed E-state index contributed by atoms with van der Waals surface area (Å²) >= 11 is 0. The summed E-state index contributed by atoms with van der Waals surface area (Å²) in [6.45, 7) is 9.96. The average Bonchev–Trinajstić information content (AvgIpc) is 2.41. The molecule has 0 radical (unpaired) electrons. The summed E-state index contributed by atoms with van der Waals surface area (Å²) in [7, 11) is 0. The standard InChI is InChI=1S/C15H16N2O6.2K/c1-8-4-10(13(16-3)15(22)23)5-9(2)17(8)7-11(14(20)21)6-12(18)19;;/h4-5,11H,6-7H2,1-2H3,(H,18,19)(H,20,21)(H,22,23);;/q;2*+1/p-2. The van der Waals surface area contributed by atoms with Crippen LogP contribution < -0.4 is 113 Å². The summed E-state index contributed by atoms with van der Waals surface area (Å²) in [5, 5.41) is 30.6. The van der Waals surface area contributed by atoms with Gasteiger partial charge in [-0.25, -0.2) is 4.85 Å². The van der Waals surface area contributed by atoms with Gasteiger partial charge >= 0.3 is 109 Å². The normalized spacial score (nSPS) is 14.0. The molecule has 0 fully saturated rings. The largest absolute Gasteiger partial charge is 1.00 e. The Balaban J connectivity index is 0. The minimum absolute atomic E-state index is 0. The fourth-order valence-electron chi connectivity index (χ4n) is 2.23. The first-order valence-corrected chi connectivity index (χ1v) is 6.57. The summed E-state index contributed by atoms with van der Waals surface area (Å²) in [4.78, 5) is 37.2. The number of carbonyl (C=O) groups is 3. The molecule has 1 aliphatic rings. The van der Waals surface area contributed by atoms with E-state index in [1.54, 1.807) is 13.8 Å². The number of hydrogen-bond donors (Lipinski definition) is 1. The topological polar surface area (TPSA) is 125 Å². The van der Waals surface area contributed by atoms with Crippen LogP contribution in [0, 0.1) is 12.5 Å². The van der Waals surface area contributed by atoms with Gasteiger partial charge in [0, 0.05) is 35.8 Å². The first kappa shape index (κ1) is 27.4. The Morgan fingerprint density at radius 3 is 2.00 bits per heavy atom. The van der Waals surface area contributed by atoms with Crippen LogP contribution in [0.1, 0.15) is 20.3 Å². The van der Waals surface area contributed by atoms with Gasteiger partial charge in [0.1, 0.15) is 0 Å². The van der Waals surface area contributed by atoms with E-state index < -0.39 is 35.9 Å². The molecule has 1 aliphatic heterocycles. The fraction of sp³-hybridized carbons (Fsp3) is 0.333. The number of nitrogens with zero attached hydrogens (tertiary/aromatic N) is 2. The minimum atomic E-state index is -1.51. The molecule has 0 amide bonds. The number of carboxylic acid groups (broad SMARTS) is 3. The molecule has 1 heterocycles. The second-order valence-corrected chi connectivity index (χ2v) is 5.00. The van der Waals surface area contributed by atoms with E-state index in [1.807, 2.05) is 0 Å². The SMILES string of the molecule is [C-]#[N+]C(C(=O)O)=C1C=C(C)N(CC(CC(=O)[O-])C(=O)[O-])C(C)=C1.[K+].[K+]. The minimum Gasteiger partial charge on any atom is -0.550 e. The van der Waals surface area contributed by atoms with Crippen molar-refractivity contribution >= 4 is 17.9 Å². The van der Waals surface area contributed by atoms with Gasteiger partial charge in [-0.1, -0.05) is 0 Å². The molecule has 0 bridgehead atoms. The average molecular weight is 396 g/mol. The van der Waals surface area contributed by atoms with Crippen LogP contribution in [0.3, 0.4) is 0 Å². The van der Waals surface area contributed by atoms with Gasteiger partial charge in [-0.3, -0.25) is 4.79 Å². The third-order valence-corrected chi connectivity index (χ3v) is 3.32. The Morgan fingerprint density at radius 1 is 1.20 bits per heavy atom. The van der Waals surface area contributed by atoms with E-state index >= 15 is 0 Å². The van der Waals surface area contributed by atoms with E-state index in [1.165, 1.54) is 17.1 Å². The van der Waals surface area contributed by atoms with Crippen LogP contribution in [-0.4, -0.2) is 34.5 Å². The number of allylic oxidation sites excluding steroid dienone is 5. The number of hydrogen-bond acceptors (Lipinski definition) is 6. The summed E-state index contributed by atoms with van der Waals surface area (Å²) in [5.74, 6) is -5.65. The smallest absolute Gasteiger partial charge is 0.550 e. The molecule has 0 aromatic heterocycles. The van der Waals surface area contributed by atoms with Crippen molar-refractivity contribution in [2.75, 3.05) is 6.54 Å². The molecule has 8 nitrogen and oxygen atoms in total. The number of carbonyl (C=O) groups excluding carboxylic acids is 2. The molecule has 1 unspecified atom stereocenters. The molecule has 10 heteroatoms. The van der Waals surface area contributed by atoms with Crippen molar-refractivity contribution in [1.82, 2.24) is 4.90 Å². The molecular weight excluding hydrogens is 382 g/mol. The zero-order chi connectivity index (χ0) is 17.7. The Hall–Kier alpha value is 0.193. The van der Waals surface area contributed by atoms with Gasteiger partial charge in [0.2, 0.25) is 0 Å². The van der Waals surface area contributed by atoms with Crippen LogP contribution >= 0.6 is 0 Å². The Labute approximate surface area is 230 Å². The molecule has 0 saturated heterocycles. The van der Waals surface area contributed by atoms with Crippen molar-refractivity contribution in [1.29, 1.82) is 0 Å². The van der Waals surface area contributed by atoms with E-state index in [0.29, 0.717) is 11.4 Å². The first-order valence-electron chi connectivity index (χ1n) is 6.57. The van der Waals surface area contributed by atoms with Gasteiger partial charge in [-0.2, -0.15) is 0 Å². The van der Waals surface area contributed by atoms with Crippen LogP contribution in [0.25, 0.3) is 4.85 Å². The third-order valence-electron chi connectivity index (χ3n) is 3.32. The monoisotopic (exact) mass is 396 g/mol. The predicted molar refractivity (Wildman–Crippen MR) is 73.6 cm³/mol. The Morgan fingerprint density at radius 2 is 1.68 bits per heavy atom. The molecule has 0 spiro atoms. The molecule has 122 valence electrons. The molecule has 25 heavy (non-hydrogen) atoms. The van der Waals surface area contributed by atoms with Crippen molar-refractivity contribution in [3.8, 4) is 0 Å². The summed E-state index contributed by atoms with van der Waals surface area (Å²) < 4.78 is 0. The maximum Gasteiger partial charge on any atom is 1.00 e. The van der Waals surface area contributed by atoms with Crippen LogP contribution in [-0.2, 0) is 14.4 Å². The molecular formula is C15H14K2N2O6. The molecule has 0 aliphatic carbocycles. The summed E-state index contributed by atoms with van der Waals surface area (Å²) in [5.41, 5.74) is 0.734. The molecule has 1 N–H and O–H groups in total. The van der Waals surface area contributed by atoms with E-state index in [4.69, 9.17) is 11.7 Å². The molecule has 1 rings (SSSR count). The van der Waals surface area contributed by atoms with Gasteiger partial charge in [0.05, 0.1) is 6.57 Å². The maximum atomic E-state index is 11.0. The Bertz CT molecular complexity index is 669. The molecule has 0 saturated carbocycles.